The van der Waals surface area contributed by atoms with E-state index in [1.165, 1.54) is 0 Å². The van der Waals surface area contributed by atoms with Gasteiger partial charge >= 0.3 is 6.01 Å². The van der Waals surface area contributed by atoms with E-state index in [1.807, 2.05) is 0 Å². The van der Waals surface area contributed by atoms with Gasteiger partial charge in [0.05, 0.1) is 5.52 Å². The molecule has 5 heteroatoms. The van der Waals surface area contributed by atoms with E-state index in [1.54, 1.807) is 18.2 Å². The summed E-state index contributed by atoms with van der Waals surface area (Å²) in [6.07, 6.45) is 0. The molecule has 0 saturated heterocycles. The van der Waals surface area contributed by atoms with Gasteiger partial charge in [0, 0.05) is 5.02 Å². The molecule has 0 atom stereocenters. The van der Waals surface area contributed by atoms with Crippen molar-refractivity contribution in [1.29, 1.82) is 0 Å². The SMILES string of the molecule is Oc1nnc2ccc(Cl)cc2n1. The van der Waals surface area contributed by atoms with Gasteiger partial charge in [-0.2, -0.15) is 4.98 Å². The summed E-state index contributed by atoms with van der Waals surface area (Å²) in [5.74, 6) is 0. The fraction of sp³-hybridized carbons (Fsp3) is 0. The minimum absolute atomic E-state index is 0.343. The summed E-state index contributed by atoms with van der Waals surface area (Å²) < 4.78 is 0. The summed E-state index contributed by atoms with van der Waals surface area (Å²) in [5, 5.41) is 16.5. The summed E-state index contributed by atoms with van der Waals surface area (Å²) in [4.78, 5) is 3.73. The van der Waals surface area contributed by atoms with Crippen LogP contribution in [-0.4, -0.2) is 20.3 Å². The monoisotopic (exact) mass is 181 g/mol. The molecule has 1 aromatic heterocycles. The predicted octanol–water partition coefficient (Wildman–Crippen LogP) is 1.38. The molecule has 0 spiro atoms. The van der Waals surface area contributed by atoms with Crippen molar-refractivity contribution in [3.63, 3.8) is 0 Å². The highest BCUT2D eigenvalue weighted by atomic mass is 35.5. The van der Waals surface area contributed by atoms with E-state index in [0.717, 1.165) is 0 Å². The molecule has 1 heterocycles. The molecule has 0 amide bonds. The lowest BCUT2D eigenvalue weighted by Crippen LogP contribution is -1.87. The Labute approximate surface area is 72.8 Å². The van der Waals surface area contributed by atoms with Crippen molar-refractivity contribution in [1.82, 2.24) is 15.2 Å². The molecule has 0 fully saturated rings. The molecule has 0 unspecified atom stereocenters. The van der Waals surface area contributed by atoms with Crippen LogP contribution in [0.4, 0.5) is 0 Å². The van der Waals surface area contributed by atoms with Gasteiger partial charge in [0.25, 0.3) is 0 Å². The van der Waals surface area contributed by atoms with Gasteiger partial charge in [-0.3, -0.25) is 0 Å². The molecule has 0 aliphatic heterocycles. The minimum Gasteiger partial charge on any atom is -0.478 e. The number of nitrogens with zero attached hydrogens (tertiary/aromatic N) is 3. The molecule has 4 nitrogen and oxygen atoms in total. The summed E-state index contributed by atoms with van der Waals surface area (Å²) in [5.41, 5.74) is 1.15. The largest absolute Gasteiger partial charge is 0.478 e. The number of aromatic nitrogens is 3. The topological polar surface area (TPSA) is 58.9 Å². The predicted molar refractivity (Wildman–Crippen MR) is 44.0 cm³/mol. The minimum atomic E-state index is -0.343. The zero-order valence-corrected chi connectivity index (χ0v) is 6.65. The zero-order chi connectivity index (χ0) is 8.55. The smallest absolute Gasteiger partial charge is 0.333 e. The first-order valence-electron chi connectivity index (χ1n) is 3.25. The highest BCUT2D eigenvalue weighted by Gasteiger charge is 1.99. The van der Waals surface area contributed by atoms with E-state index in [2.05, 4.69) is 15.2 Å². The number of aromatic hydroxyl groups is 1. The third-order valence-electron chi connectivity index (χ3n) is 1.41. The van der Waals surface area contributed by atoms with Crippen LogP contribution in [-0.2, 0) is 0 Å². The van der Waals surface area contributed by atoms with Gasteiger partial charge in [-0.05, 0) is 18.2 Å². The van der Waals surface area contributed by atoms with Crippen molar-refractivity contribution in [3.05, 3.63) is 23.2 Å². The lowest BCUT2D eigenvalue weighted by atomic mass is 10.3. The molecule has 0 saturated carbocycles. The molecule has 0 radical (unpaired) electrons. The van der Waals surface area contributed by atoms with Crippen LogP contribution in [0.3, 0.4) is 0 Å². The fourth-order valence-corrected chi connectivity index (χ4v) is 1.07. The van der Waals surface area contributed by atoms with Crippen molar-refractivity contribution in [2.75, 3.05) is 0 Å². The second-order valence-electron chi connectivity index (χ2n) is 2.24. The molecule has 1 aromatic carbocycles. The first kappa shape index (κ1) is 7.24. The van der Waals surface area contributed by atoms with E-state index >= 15 is 0 Å². The van der Waals surface area contributed by atoms with Crippen LogP contribution in [0.15, 0.2) is 18.2 Å². The van der Waals surface area contributed by atoms with Crippen LogP contribution in [0, 0.1) is 0 Å². The quantitative estimate of drug-likeness (QED) is 0.667. The highest BCUT2D eigenvalue weighted by Crippen LogP contribution is 2.15. The number of halogens is 1. The van der Waals surface area contributed by atoms with Gasteiger partial charge < -0.3 is 5.11 Å². The molecule has 0 bridgehead atoms. The molecule has 2 aromatic rings. The molecule has 1 N–H and O–H groups in total. The van der Waals surface area contributed by atoms with Gasteiger partial charge in [-0.1, -0.05) is 16.7 Å². The molecule has 0 aliphatic carbocycles. The first-order valence-corrected chi connectivity index (χ1v) is 3.62. The van der Waals surface area contributed by atoms with Crippen LogP contribution in [0.5, 0.6) is 6.01 Å². The van der Waals surface area contributed by atoms with Gasteiger partial charge in [0.1, 0.15) is 5.52 Å². The van der Waals surface area contributed by atoms with Crippen molar-refractivity contribution in [2.45, 2.75) is 0 Å². The summed E-state index contributed by atoms with van der Waals surface area (Å²) in [6.45, 7) is 0. The van der Waals surface area contributed by atoms with Crippen molar-refractivity contribution in [3.8, 4) is 6.01 Å². The van der Waals surface area contributed by atoms with Crippen LogP contribution >= 0.6 is 11.6 Å². The number of rotatable bonds is 0. The average Bonchev–Trinajstić information content (AvgIpc) is 2.03. The molecule has 0 aliphatic rings. The molecular weight excluding hydrogens is 178 g/mol. The molecule has 12 heavy (non-hydrogen) atoms. The standard InChI is InChI=1S/C7H4ClN3O/c8-4-1-2-5-6(3-4)9-7(12)11-10-5/h1-3H,(H,9,11,12). The number of hydrogen-bond acceptors (Lipinski definition) is 4. The average molecular weight is 182 g/mol. The summed E-state index contributed by atoms with van der Waals surface area (Å²) in [7, 11) is 0. The Bertz CT molecular complexity index is 395. The second kappa shape index (κ2) is 2.57. The second-order valence-corrected chi connectivity index (χ2v) is 2.68. The highest BCUT2D eigenvalue weighted by molar-refractivity contribution is 6.31. The van der Waals surface area contributed by atoms with E-state index in [-0.39, 0.29) is 6.01 Å². The number of hydrogen-bond donors (Lipinski definition) is 1. The van der Waals surface area contributed by atoms with E-state index in [4.69, 9.17) is 16.7 Å². The van der Waals surface area contributed by atoms with Crippen LogP contribution < -0.4 is 0 Å². The Hall–Kier alpha value is -1.42. The van der Waals surface area contributed by atoms with Gasteiger partial charge in [0.15, 0.2) is 0 Å². The van der Waals surface area contributed by atoms with Crippen LogP contribution in [0.1, 0.15) is 0 Å². The van der Waals surface area contributed by atoms with Crippen molar-refractivity contribution < 1.29 is 5.11 Å². The Balaban J connectivity index is 2.80. The Morgan fingerprint density at radius 3 is 2.83 bits per heavy atom. The maximum absolute atomic E-state index is 8.89. The molecular formula is C7H4ClN3O. The molecule has 60 valence electrons. The lowest BCUT2D eigenvalue weighted by molar-refractivity contribution is 0.425. The van der Waals surface area contributed by atoms with Crippen molar-refractivity contribution in [2.24, 2.45) is 0 Å². The van der Waals surface area contributed by atoms with Gasteiger partial charge in [-0.15, -0.1) is 5.10 Å². The van der Waals surface area contributed by atoms with Crippen molar-refractivity contribution >= 4 is 22.6 Å². The van der Waals surface area contributed by atoms with E-state index in [0.29, 0.717) is 16.1 Å². The Kier molecular flexibility index (Phi) is 1.55. The van der Waals surface area contributed by atoms with E-state index in [9.17, 15) is 0 Å². The number of fused-ring (bicyclic) bond motifs is 1. The van der Waals surface area contributed by atoms with Gasteiger partial charge in [-0.25, -0.2) is 0 Å². The number of benzene rings is 1. The first-order chi connectivity index (χ1) is 5.75. The van der Waals surface area contributed by atoms with E-state index < -0.39 is 0 Å². The summed E-state index contributed by atoms with van der Waals surface area (Å²) >= 11 is 5.70. The van der Waals surface area contributed by atoms with Crippen LogP contribution in [0.2, 0.25) is 5.02 Å². The van der Waals surface area contributed by atoms with Crippen LogP contribution in [0.25, 0.3) is 11.0 Å². The van der Waals surface area contributed by atoms with Gasteiger partial charge in [0.2, 0.25) is 0 Å². The Morgan fingerprint density at radius 2 is 2.00 bits per heavy atom. The summed E-state index contributed by atoms with van der Waals surface area (Å²) in [6, 6.07) is 4.66. The maximum atomic E-state index is 8.89. The third-order valence-corrected chi connectivity index (χ3v) is 1.64. The fourth-order valence-electron chi connectivity index (χ4n) is 0.899. The molecule has 2 rings (SSSR count). The third kappa shape index (κ3) is 1.16. The maximum Gasteiger partial charge on any atom is 0.333 e. The lowest BCUT2D eigenvalue weighted by Gasteiger charge is -1.94. The Morgan fingerprint density at radius 1 is 1.17 bits per heavy atom. The normalized spacial score (nSPS) is 10.4. The zero-order valence-electron chi connectivity index (χ0n) is 5.90.